The van der Waals surface area contributed by atoms with Crippen molar-refractivity contribution >= 4 is 69.0 Å². The molecule has 212 valence electrons. The second-order valence-corrected chi connectivity index (χ2v) is 11.5. The Morgan fingerprint density at radius 1 is 0.925 bits per heavy atom. The lowest BCUT2D eigenvalue weighted by molar-refractivity contribution is -0.121. The van der Waals surface area contributed by atoms with Gasteiger partial charge in [-0.3, -0.25) is 14.4 Å². The average molecular weight is 626 g/mol. The van der Waals surface area contributed by atoms with E-state index in [0.29, 0.717) is 9.33 Å². The van der Waals surface area contributed by atoms with E-state index in [2.05, 4.69) is 16.0 Å². The molecule has 1 fully saturated rings. The molecule has 0 aromatic heterocycles. The normalized spacial score (nSPS) is 13.6. The summed E-state index contributed by atoms with van der Waals surface area (Å²) >= 11 is 12.2. The fourth-order valence-corrected chi connectivity index (χ4v) is 5.99. The molecule has 0 atom stereocenters. The van der Waals surface area contributed by atoms with Gasteiger partial charge in [-0.05, 0) is 80.5 Å². The molecule has 0 saturated carbocycles. The smallest absolute Gasteiger partial charge is 0.273 e. The standard InChI is InChI=1S/C27H26Cl2N4O5S.ClH/c28-19-8-11-23(24(29)16-19)27(36)33(21-4-2-1-3-5-21)39(37,38)22-9-6-18(7-10-22)26(35)31-17-25(34)32-20-12-14-30-15-13-20;/h1-11,16,20,30H,12-15,17H2,(H,31,35)(H,32,34);1H. The van der Waals surface area contributed by atoms with Crippen molar-refractivity contribution in [1.82, 2.24) is 16.0 Å². The number of benzene rings is 3. The zero-order valence-corrected chi connectivity index (χ0v) is 24.2. The third kappa shape index (κ3) is 7.52. The van der Waals surface area contributed by atoms with Gasteiger partial charge in [-0.15, -0.1) is 12.4 Å². The SMILES string of the molecule is Cl.O=C(CNC(=O)c1ccc(S(=O)(=O)N(C(=O)c2ccc(Cl)cc2Cl)c2ccccc2)cc1)NC1CCNCC1. The van der Waals surface area contributed by atoms with Gasteiger partial charge in [0.1, 0.15) is 0 Å². The maximum atomic E-state index is 13.7. The van der Waals surface area contributed by atoms with Crippen LogP contribution in [0.1, 0.15) is 33.6 Å². The molecular weight excluding hydrogens is 599 g/mol. The van der Waals surface area contributed by atoms with Gasteiger partial charge in [0, 0.05) is 16.6 Å². The van der Waals surface area contributed by atoms with Crippen molar-refractivity contribution < 1.29 is 22.8 Å². The van der Waals surface area contributed by atoms with Crippen LogP contribution in [0.4, 0.5) is 5.69 Å². The number of carbonyl (C=O) groups is 3. The summed E-state index contributed by atoms with van der Waals surface area (Å²) in [5.41, 5.74) is 0.212. The summed E-state index contributed by atoms with van der Waals surface area (Å²) in [6.07, 6.45) is 1.64. The third-order valence-electron chi connectivity index (χ3n) is 6.11. The van der Waals surface area contributed by atoms with E-state index in [1.807, 2.05) is 0 Å². The van der Waals surface area contributed by atoms with Gasteiger partial charge >= 0.3 is 0 Å². The second-order valence-electron chi connectivity index (χ2n) is 8.83. The van der Waals surface area contributed by atoms with E-state index in [-0.39, 0.29) is 57.6 Å². The minimum Gasteiger partial charge on any atom is -0.352 e. The number of amides is 3. The number of hydrogen-bond acceptors (Lipinski definition) is 6. The maximum Gasteiger partial charge on any atom is 0.273 e. The van der Waals surface area contributed by atoms with Crippen molar-refractivity contribution in [3.8, 4) is 0 Å². The van der Waals surface area contributed by atoms with Gasteiger partial charge in [0.25, 0.3) is 21.8 Å². The summed E-state index contributed by atoms with van der Waals surface area (Å²) < 4.78 is 28.0. The first kappa shape index (κ1) is 31.4. The quantitative estimate of drug-likeness (QED) is 0.347. The van der Waals surface area contributed by atoms with Crippen LogP contribution in [0.2, 0.25) is 10.0 Å². The molecule has 13 heteroatoms. The Hall–Kier alpha value is -3.15. The van der Waals surface area contributed by atoms with Gasteiger partial charge in [0.15, 0.2) is 0 Å². The number of carbonyl (C=O) groups excluding carboxylic acids is 3. The van der Waals surface area contributed by atoms with E-state index in [4.69, 9.17) is 23.2 Å². The van der Waals surface area contributed by atoms with E-state index in [0.717, 1.165) is 25.9 Å². The number of piperidine rings is 1. The molecule has 3 amide bonds. The molecule has 9 nitrogen and oxygen atoms in total. The first-order valence-electron chi connectivity index (χ1n) is 12.1. The van der Waals surface area contributed by atoms with Crippen molar-refractivity contribution in [3.63, 3.8) is 0 Å². The minimum absolute atomic E-state index is 0. The van der Waals surface area contributed by atoms with Crippen molar-refractivity contribution in [3.05, 3.63) is 94.0 Å². The predicted octanol–water partition coefficient (Wildman–Crippen LogP) is 4.05. The van der Waals surface area contributed by atoms with Crippen LogP contribution in [0, 0.1) is 0 Å². The molecule has 1 aliphatic rings. The molecule has 3 N–H and O–H groups in total. The Morgan fingerprint density at radius 3 is 2.20 bits per heavy atom. The molecule has 1 aliphatic heterocycles. The van der Waals surface area contributed by atoms with Crippen molar-refractivity contribution in [2.24, 2.45) is 0 Å². The summed E-state index contributed by atoms with van der Waals surface area (Å²) in [5.74, 6) is -1.71. The fraction of sp³-hybridized carbons (Fsp3) is 0.222. The number of sulfonamides is 1. The molecule has 3 aromatic carbocycles. The van der Waals surface area contributed by atoms with Crippen molar-refractivity contribution in [2.75, 3.05) is 23.9 Å². The Morgan fingerprint density at radius 2 is 1.57 bits per heavy atom. The Labute approximate surface area is 248 Å². The highest BCUT2D eigenvalue weighted by Gasteiger charge is 2.33. The van der Waals surface area contributed by atoms with Crippen LogP contribution in [0.25, 0.3) is 0 Å². The molecule has 0 spiro atoms. The summed E-state index contributed by atoms with van der Waals surface area (Å²) in [7, 11) is -4.42. The first-order valence-corrected chi connectivity index (χ1v) is 14.3. The lowest BCUT2D eigenvalue weighted by Gasteiger charge is -2.23. The van der Waals surface area contributed by atoms with Gasteiger partial charge in [0.05, 0.1) is 27.7 Å². The summed E-state index contributed by atoms with van der Waals surface area (Å²) in [4.78, 5) is 38.0. The molecule has 0 radical (unpaired) electrons. The van der Waals surface area contributed by atoms with Crippen LogP contribution in [-0.2, 0) is 14.8 Å². The van der Waals surface area contributed by atoms with E-state index >= 15 is 0 Å². The fourth-order valence-electron chi connectivity index (χ4n) is 4.09. The highest BCUT2D eigenvalue weighted by atomic mass is 35.5. The topological polar surface area (TPSA) is 125 Å². The highest BCUT2D eigenvalue weighted by Crippen LogP contribution is 2.29. The summed E-state index contributed by atoms with van der Waals surface area (Å²) in [6.45, 7) is 1.44. The van der Waals surface area contributed by atoms with Crippen LogP contribution in [0.3, 0.4) is 0 Å². The largest absolute Gasteiger partial charge is 0.352 e. The van der Waals surface area contributed by atoms with E-state index < -0.39 is 21.8 Å². The monoisotopic (exact) mass is 624 g/mol. The molecule has 4 rings (SSSR count). The molecule has 0 aliphatic carbocycles. The zero-order valence-electron chi connectivity index (χ0n) is 21.1. The van der Waals surface area contributed by atoms with Crippen LogP contribution < -0.4 is 20.3 Å². The molecular formula is C27H27Cl3N4O5S. The number of hydrogen-bond donors (Lipinski definition) is 3. The van der Waals surface area contributed by atoms with Crippen molar-refractivity contribution in [1.29, 1.82) is 0 Å². The lowest BCUT2D eigenvalue weighted by Crippen LogP contribution is -2.46. The lowest BCUT2D eigenvalue weighted by atomic mass is 10.1. The Kier molecular flexibility index (Phi) is 11.0. The second kappa shape index (κ2) is 14.0. The molecule has 40 heavy (non-hydrogen) atoms. The van der Waals surface area contributed by atoms with Crippen LogP contribution in [-0.4, -0.2) is 51.8 Å². The molecule has 1 heterocycles. The van der Waals surface area contributed by atoms with Crippen LogP contribution in [0.15, 0.2) is 77.7 Å². The van der Waals surface area contributed by atoms with E-state index in [9.17, 15) is 22.8 Å². The van der Waals surface area contributed by atoms with E-state index in [1.165, 1.54) is 54.6 Å². The highest BCUT2D eigenvalue weighted by molar-refractivity contribution is 7.93. The number of anilines is 1. The van der Waals surface area contributed by atoms with E-state index in [1.54, 1.807) is 18.2 Å². The number of rotatable bonds is 8. The molecule has 1 saturated heterocycles. The molecule has 3 aromatic rings. The maximum absolute atomic E-state index is 13.7. The first-order chi connectivity index (χ1) is 18.7. The number of para-hydroxylation sites is 1. The number of nitrogens with zero attached hydrogens (tertiary/aromatic N) is 1. The van der Waals surface area contributed by atoms with Gasteiger partial charge in [0.2, 0.25) is 5.91 Å². The Balaban J connectivity index is 0.00000441. The van der Waals surface area contributed by atoms with Crippen molar-refractivity contribution in [2.45, 2.75) is 23.8 Å². The van der Waals surface area contributed by atoms with Gasteiger partial charge in [-0.1, -0.05) is 41.4 Å². The Bertz CT molecular complexity index is 1470. The predicted molar refractivity (Wildman–Crippen MR) is 157 cm³/mol. The number of halogens is 3. The van der Waals surface area contributed by atoms with Gasteiger partial charge < -0.3 is 16.0 Å². The van der Waals surface area contributed by atoms with Gasteiger partial charge in [-0.2, -0.15) is 4.31 Å². The zero-order chi connectivity index (χ0) is 28.0. The third-order valence-corrected chi connectivity index (χ3v) is 8.38. The number of nitrogens with one attached hydrogen (secondary N) is 3. The van der Waals surface area contributed by atoms with Crippen LogP contribution in [0.5, 0.6) is 0 Å². The molecule has 0 unspecified atom stereocenters. The summed E-state index contributed by atoms with van der Waals surface area (Å²) in [6, 6.07) is 17.2. The average Bonchev–Trinajstić information content (AvgIpc) is 2.93. The van der Waals surface area contributed by atoms with Gasteiger partial charge in [-0.25, -0.2) is 8.42 Å². The molecule has 0 bridgehead atoms. The summed E-state index contributed by atoms with van der Waals surface area (Å²) in [5, 5.41) is 8.93. The minimum atomic E-state index is -4.42. The van der Waals surface area contributed by atoms with Crippen LogP contribution >= 0.6 is 35.6 Å².